The van der Waals surface area contributed by atoms with E-state index in [4.69, 9.17) is 0 Å². The predicted octanol–water partition coefficient (Wildman–Crippen LogP) is 3.89. The molecule has 6 nitrogen and oxygen atoms in total. The first-order valence-electron chi connectivity index (χ1n) is 8.93. The maximum atomic E-state index is 4.65. The number of aromatic nitrogens is 5. The van der Waals surface area contributed by atoms with Crippen molar-refractivity contribution in [2.24, 2.45) is 7.05 Å². The Morgan fingerprint density at radius 1 is 0.963 bits per heavy atom. The smallest absolute Gasteiger partial charge is 0.163 e. The minimum Gasteiger partial charge on any atom is -0.358 e. The molecule has 4 aromatic rings. The lowest BCUT2D eigenvalue weighted by Crippen LogP contribution is -2.15. The molecule has 6 heteroatoms. The van der Waals surface area contributed by atoms with E-state index in [1.165, 1.54) is 16.7 Å². The van der Waals surface area contributed by atoms with Gasteiger partial charge in [0.1, 0.15) is 11.6 Å². The Morgan fingerprint density at radius 3 is 2.56 bits per heavy atom. The molecule has 0 bridgehead atoms. The highest BCUT2D eigenvalue weighted by molar-refractivity contribution is 5.86. The van der Waals surface area contributed by atoms with E-state index >= 15 is 0 Å². The predicted molar refractivity (Wildman–Crippen MR) is 107 cm³/mol. The molecule has 0 aliphatic rings. The SMILES string of the molecule is Cc1nc(N[C@@H](c2cccnc2)c2ccc(C)c(C)c2)c2cnn(C)c2n1. The molecule has 0 aliphatic heterocycles. The van der Waals surface area contributed by atoms with E-state index in [2.05, 4.69) is 63.5 Å². The number of rotatable bonds is 4. The summed E-state index contributed by atoms with van der Waals surface area (Å²) >= 11 is 0. The Kier molecular flexibility index (Phi) is 4.32. The third kappa shape index (κ3) is 3.26. The van der Waals surface area contributed by atoms with E-state index in [-0.39, 0.29) is 6.04 Å². The summed E-state index contributed by atoms with van der Waals surface area (Å²) in [6.45, 7) is 6.15. The Labute approximate surface area is 158 Å². The molecule has 0 unspecified atom stereocenters. The van der Waals surface area contributed by atoms with Gasteiger partial charge in [-0.05, 0) is 49.1 Å². The van der Waals surface area contributed by atoms with Gasteiger partial charge in [-0.3, -0.25) is 9.67 Å². The molecule has 27 heavy (non-hydrogen) atoms. The van der Waals surface area contributed by atoms with Gasteiger partial charge in [-0.1, -0.05) is 24.3 Å². The minimum atomic E-state index is -0.0734. The number of hydrogen-bond donors (Lipinski definition) is 1. The highest BCUT2D eigenvalue weighted by atomic mass is 15.3. The van der Waals surface area contributed by atoms with Crippen molar-refractivity contribution >= 4 is 16.9 Å². The molecule has 3 heterocycles. The summed E-state index contributed by atoms with van der Waals surface area (Å²) in [4.78, 5) is 13.5. The second-order valence-electron chi connectivity index (χ2n) is 6.83. The number of nitrogens with one attached hydrogen (secondary N) is 1. The van der Waals surface area contributed by atoms with Gasteiger partial charge in [-0.25, -0.2) is 9.97 Å². The quantitative estimate of drug-likeness (QED) is 0.599. The van der Waals surface area contributed by atoms with E-state index in [0.29, 0.717) is 5.82 Å². The van der Waals surface area contributed by atoms with Crippen LogP contribution in [0.4, 0.5) is 5.82 Å². The molecule has 136 valence electrons. The number of nitrogens with zero attached hydrogens (tertiary/aromatic N) is 5. The summed E-state index contributed by atoms with van der Waals surface area (Å²) in [5.41, 5.74) is 5.59. The number of anilines is 1. The number of pyridine rings is 1. The van der Waals surface area contributed by atoms with Crippen molar-refractivity contribution in [3.05, 3.63) is 77.0 Å². The first-order valence-corrected chi connectivity index (χ1v) is 8.93. The number of fused-ring (bicyclic) bond motifs is 1. The molecule has 1 atom stereocenters. The molecule has 1 aromatic carbocycles. The molecule has 0 saturated heterocycles. The minimum absolute atomic E-state index is 0.0734. The van der Waals surface area contributed by atoms with Gasteiger partial charge in [0.05, 0.1) is 17.6 Å². The molecular formula is C21H22N6. The van der Waals surface area contributed by atoms with Gasteiger partial charge >= 0.3 is 0 Å². The number of hydrogen-bond acceptors (Lipinski definition) is 5. The second-order valence-corrected chi connectivity index (χ2v) is 6.83. The van der Waals surface area contributed by atoms with Crippen molar-refractivity contribution in [2.75, 3.05) is 5.32 Å². The van der Waals surface area contributed by atoms with Gasteiger partial charge in [0.25, 0.3) is 0 Å². The monoisotopic (exact) mass is 358 g/mol. The van der Waals surface area contributed by atoms with Crippen LogP contribution in [0.2, 0.25) is 0 Å². The molecule has 0 saturated carbocycles. The molecule has 0 aliphatic carbocycles. The lowest BCUT2D eigenvalue weighted by Gasteiger charge is -2.21. The summed E-state index contributed by atoms with van der Waals surface area (Å²) in [6, 6.07) is 10.5. The number of benzene rings is 1. The Hall–Kier alpha value is -3.28. The third-order valence-corrected chi connectivity index (χ3v) is 4.87. The van der Waals surface area contributed by atoms with Crippen LogP contribution in [0, 0.1) is 20.8 Å². The molecule has 1 N–H and O–H groups in total. The molecule has 0 radical (unpaired) electrons. The largest absolute Gasteiger partial charge is 0.358 e. The van der Waals surface area contributed by atoms with Crippen LogP contribution in [-0.2, 0) is 7.05 Å². The van der Waals surface area contributed by atoms with Crippen LogP contribution in [0.15, 0.2) is 48.9 Å². The first-order chi connectivity index (χ1) is 13.0. The molecule has 3 aromatic heterocycles. The van der Waals surface area contributed by atoms with Crippen molar-refractivity contribution in [3.63, 3.8) is 0 Å². The Balaban J connectivity index is 1.84. The third-order valence-electron chi connectivity index (χ3n) is 4.87. The molecule has 0 fully saturated rings. The number of aryl methyl sites for hydroxylation is 4. The van der Waals surface area contributed by atoms with E-state index in [9.17, 15) is 0 Å². The lowest BCUT2D eigenvalue weighted by molar-refractivity contribution is 0.782. The van der Waals surface area contributed by atoms with Gasteiger partial charge in [0.15, 0.2) is 5.65 Å². The average Bonchev–Trinajstić information content (AvgIpc) is 3.04. The molecule has 4 rings (SSSR count). The lowest BCUT2D eigenvalue weighted by atomic mass is 9.96. The fourth-order valence-electron chi connectivity index (χ4n) is 3.23. The van der Waals surface area contributed by atoms with Crippen molar-refractivity contribution in [1.29, 1.82) is 0 Å². The van der Waals surface area contributed by atoms with Crippen LogP contribution in [0.3, 0.4) is 0 Å². The van der Waals surface area contributed by atoms with Crippen LogP contribution >= 0.6 is 0 Å². The van der Waals surface area contributed by atoms with Gasteiger partial charge in [-0.2, -0.15) is 5.10 Å². The topological polar surface area (TPSA) is 68.5 Å². The van der Waals surface area contributed by atoms with Crippen LogP contribution in [0.1, 0.15) is 34.1 Å². The molecular weight excluding hydrogens is 336 g/mol. The van der Waals surface area contributed by atoms with E-state index in [1.54, 1.807) is 17.1 Å². The highest BCUT2D eigenvalue weighted by Gasteiger charge is 2.18. The standard InChI is InChI=1S/C21H22N6/c1-13-7-8-16(10-14(13)2)19(17-6-5-9-22-11-17)26-20-18-12-23-27(4)21(18)25-15(3)24-20/h5-12,19H,1-4H3,(H,24,25,26)/t19-/m1/s1. The fraction of sp³-hybridized carbons (Fsp3) is 0.238. The summed E-state index contributed by atoms with van der Waals surface area (Å²) in [5.74, 6) is 1.48. The zero-order valence-corrected chi connectivity index (χ0v) is 15.9. The summed E-state index contributed by atoms with van der Waals surface area (Å²) in [7, 11) is 1.89. The molecule has 0 spiro atoms. The van der Waals surface area contributed by atoms with Crippen molar-refractivity contribution < 1.29 is 0 Å². The maximum absolute atomic E-state index is 4.65. The van der Waals surface area contributed by atoms with Crippen LogP contribution in [0.25, 0.3) is 11.0 Å². The normalized spacial score (nSPS) is 12.3. The van der Waals surface area contributed by atoms with Gasteiger partial charge in [0, 0.05) is 19.4 Å². The zero-order valence-electron chi connectivity index (χ0n) is 15.9. The summed E-state index contributed by atoms with van der Waals surface area (Å²) in [6.07, 6.45) is 5.48. The van der Waals surface area contributed by atoms with Crippen LogP contribution in [0.5, 0.6) is 0 Å². The van der Waals surface area contributed by atoms with Crippen LogP contribution in [-0.4, -0.2) is 24.7 Å². The zero-order chi connectivity index (χ0) is 19.0. The fourth-order valence-corrected chi connectivity index (χ4v) is 3.23. The van der Waals surface area contributed by atoms with E-state index < -0.39 is 0 Å². The second kappa shape index (κ2) is 6.79. The first kappa shape index (κ1) is 17.1. The summed E-state index contributed by atoms with van der Waals surface area (Å²) < 4.78 is 1.77. The Morgan fingerprint density at radius 2 is 1.81 bits per heavy atom. The van der Waals surface area contributed by atoms with Gasteiger partial charge in [0.2, 0.25) is 0 Å². The molecule has 0 amide bonds. The van der Waals surface area contributed by atoms with E-state index in [0.717, 1.165) is 22.4 Å². The van der Waals surface area contributed by atoms with E-state index in [1.807, 2.05) is 26.2 Å². The average molecular weight is 358 g/mol. The Bertz CT molecular complexity index is 1100. The van der Waals surface area contributed by atoms with Crippen molar-refractivity contribution in [3.8, 4) is 0 Å². The highest BCUT2D eigenvalue weighted by Crippen LogP contribution is 2.30. The van der Waals surface area contributed by atoms with Crippen molar-refractivity contribution in [2.45, 2.75) is 26.8 Å². The van der Waals surface area contributed by atoms with Gasteiger partial charge < -0.3 is 5.32 Å². The summed E-state index contributed by atoms with van der Waals surface area (Å²) in [5, 5.41) is 8.85. The van der Waals surface area contributed by atoms with Crippen LogP contribution < -0.4 is 5.32 Å². The maximum Gasteiger partial charge on any atom is 0.163 e. The van der Waals surface area contributed by atoms with Crippen molar-refractivity contribution in [1.82, 2.24) is 24.7 Å². The van der Waals surface area contributed by atoms with Gasteiger partial charge in [-0.15, -0.1) is 0 Å².